The van der Waals surface area contributed by atoms with Crippen LogP contribution in [0.1, 0.15) is 19.4 Å². The first-order valence-electron chi connectivity index (χ1n) is 6.98. The molecule has 0 aliphatic heterocycles. The summed E-state index contributed by atoms with van der Waals surface area (Å²) in [5.41, 5.74) is 0.828. The zero-order chi connectivity index (χ0) is 15.2. The van der Waals surface area contributed by atoms with Gasteiger partial charge in [0.2, 0.25) is 0 Å². The zero-order valence-corrected chi connectivity index (χ0v) is 14.4. The maximum atomic E-state index is 14.0. The molecular weight excluding hydrogens is 380 g/mol. The lowest BCUT2D eigenvalue weighted by Gasteiger charge is -2.13. The van der Waals surface area contributed by atoms with Crippen LogP contribution in [0.3, 0.4) is 0 Å². The summed E-state index contributed by atoms with van der Waals surface area (Å²) in [7, 11) is 0. The van der Waals surface area contributed by atoms with Gasteiger partial charge in [-0.25, -0.2) is 4.39 Å². The van der Waals surface area contributed by atoms with Gasteiger partial charge in [-0.2, -0.15) is 0 Å². The normalized spacial score (nSPS) is 10.9. The van der Waals surface area contributed by atoms with E-state index in [9.17, 15) is 4.39 Å². The summed E-state index contributed by atoms with van der Waals surface area (Å²) < 4.78 is 20.9. The van der Waals surface area contributed by atoms with E-state index in [0.29, 0.717) is 24.0 Å². The van der Waals surface area contributed by atoms with Crippen molar-refractivity contribution in [2.45, 2.75) is 20.4 Å². The highest BCUT2D eigenvalue weighted by Crippen LogP contribution is 2.28. The highest BCUT2D eigenvalue weighted by molar-refractivity contribution is 14.1. The topological polar surface area (TPSA) is 21.3 Å². The number of hydrogen-bond acceptors (Lipinski definition) is 2. The second kappa shape index (κ2) is 7.75. The summed E-state index contributed by atoms with van der Waals surface area (Å²) in [6, 6.07) is 12.6. The van der Waals surface area contributed by atoms with Gasteiger partial charge in [-0.15, -0.1) is 0 Å². The van der Waals surface area contributed by atoms with Gasteiger partial charge >= 0.3 is 0 Å². The third-order valence-corrected chi connectivity index (χ3v) is 3.67. The van der Waals surface area contributed by atoms with E-state index in [2.05, 4.69) is 41.8 Å². The maximum Gasteiger partial charge on any atom is 0.167 e. The van der Waals surface area contributed by atoms with Crippen molar-refractivity contribution >= 4 is 22.6 Å². The summed E-state index contributed by atoms with van der Waals surface area (Å²) in [5, 5.41) is 3.32. The van der Waals surface area contributed by atoms with E-state index in [0.717, 1.165) is 15.7 Å². The average Bonchev–Trinajstić information content (AvgIpc) is 2.44. The molecule has 21 heavy (non-hydrogen) atoms. The Hall–Kier alpha value is -1.14. The van der Waals surface area contributed by atoms with Crippen LogP contribution in [0.2, 0.25) is 0 Å². The third-order valence-electron chi connectivity index (χ3n) is 2.95. The van der Waals surface area contributed by atoms with Crippen molar-refractivity contribution in [3.63, 3.8) is 0 Å². The maximum absolute atomic E-state index is 14.0. The quantitative estimate of drug-likeness (QED) is 0.693. The molecule has 0 saturated heterocycles. The van der Waals surface area contributed by atoms with Gasteiger partial charge in [-0.3, -0.25) is 0 Å². The molecule has 0 saturated carbocycles. The molecule has 112 valence electrons. The number of ether oxygens (including phenoxy) is 1. The largest absolute Gasteiger partial charge is 0.454 e. The molecule has 0 spiro atoms. The summed E-state index contributed by atoms with van der Waals surface area (Å²) >= 11 is 2.23. The standard InChI is InChI=1S/C17H19FINO/c1-12(2)10-20-11-13-4-3-5-16(18)17(13)21-15-8-6-14(19)7-9-15/h3-9,12,20H,10-11H2,1-2H3. The molecular formula is C17H19FINO. The van der Waals surface area contributed by atoms with Crippen molar-refractivity contribution in [1.29, 1.82) is 0 Å². The van der Waals surface area contributed by atoms with Crippen LogP contribution in [0.4, 0.5) is 4.39 Å². The van der Waals surface area contributed by atoms with E-state index < -0.39 is 0 Å². The van der Waals surface area contributed by atoms with Gasteiger partial charge in [0.05, 0.1) is 0 Å². The molecule has 0 amide bonds. The minimum Gasteiger partial charge on any atom is -0.454 e. The molecule has 0 aromatic heterocycles. The summed E-state index contributed by atoms with van der Waals surface area (Å²) in [5.74, 6) is 1.16. The van der Waals surface area contributed by atoms with Crippen LogP contribution in [-0.4, -0.2) is 6.54 Å². The zero-order valence-electron chi connectivity index (χ0n) is 12.2. The summed E-state index contributed by atoms with van der Waals surface area (Å²) in [6.45, 7) is 5.76. The number of nitrogens with one attached hydrogen (secondary N) is 1. The molecule has 1 N–H and O–H groups in total. The lowest BCUT2D eigenvalue weighted by atomic mass is 10.1. The van der Waals surface area contributed by atoms with Crippen molar-refractivity contribution in [1.82, 2.24) is 5.32 Å². The van der Waals surface area contributed by atoms with Crippen LogP contribution < -0.4 is 10.1 Å². The van der Waals surface area contributed by atoms with Crippen LogP contribution in [0.15, 0.2) is 42.5 Å². The molecule has 0 radical (unpaired) electrons. The molecule has 0 fully saturated rings. The molecule has 2 aromatic rings. The minimum atomic E-state index is -0.336. The molecule has 0 unspecified atom stereocenters. The Bertz CT molecular complexity index is 584. The van der Waals surface area contributed by atoms with E-state index >= 15 is 0 Å². The van der Waals surface area contributed by atoms with Crippen molar-refractivity contribution in [3.05, 3.63) is 57.4 Å². The first-order chi connectivity index (χ1) is 10.1. The SMILES string of the molecule is CC(C)CNCc1cccc(F)c1Oc1ccc(I)cc1. The van der Waals surface area contributed by atoms with Crippen LogP contribution in [0, 0.1) is 15.3 Å². The Morgan fingerprint density at radius 2 is 1.86 bits per heavy atom. The second-order valence-electron chi connectivity index (χ2n) is 5.31. The highest BCUT2D eigenvalue weighted by atomic mass is 127. The van der Waals surface area contributed by atoms with Crippen LogP contribution >= 0.6 is 22.6 Å². The molecule has 0 heterocycles. The molecule has 4 heteroatoms. The van der Waals surface area contributed by atoms with Crippen LogP contribution in [0.5, 0.6) is 11.5 Å². The molecule has 2 aromatic carbocycles. The fourth-order valence-corrected chi connectivity index (χ4v) is 2.28. The molecule has 0 aliphatic carbocycles. The van der Waals surface area contributed by atoms with Gasteiger partial charge in [-0.1, -0.05) is 26.0 Å². The highest BCUT2D eigenvalue weighted by Gasteiger charge is 2.11. The number of rotatable bonds is 6. The Kier molecular flexibility index (Phi) is 5.99. The number of halogens is 2. The van der Waals surface area contributed by atoms with Gasteiger partial charge in [0.15, 0.2) is 11.6 Å². The Balaban J connectivity index is 2.15. The Morgan fingerprint density at radius 1 is 1.14 bits per heavy atom. The molecule has 0 aliphatic rings. The monoisotopic (exact) mass is 399 g/mol. The van der Waals surface area contributed by atoms with Gasteiger partial charge in [0.25, 0.3) is 0 Å². The lowest BCUT2D eigenvalue weighted by molar-refractivity contribution is 0.431. The van der Waals surface area contributed by atoms with Crippen molar-refractivity contribution in [2.75, 3.05) is 6.54 Å². The van der Waals surface area contributed by atoms with E-state index in [4.69, 9.17) is 4.74 Å². The van der Waals surface area contributed by atoms with Gasteiger partial charge in [-0.05, 0) is 65.4 Å². The Morgan fingerprint density at radius 3 is 2.52 bits per heavy atom. The lowest BCUT2D eigenvalue weighted by Crippen LogP contribution is -2.19. The van der Waals surface area contributed by atoms with Crippen LogP contribution in [-0.2, 0) is 6.54 Å². The van der Waals surface area contributed by atoms with Crippen molar-refractivity contribution in [2.24, 2.45) is 5.92 Å². The predicted molar refractivity (Wildman–Crippen MR) is 92.2 cm³/mol. The van der Waals surface area contributed by atoms with E-state index in [1.165, 1.54) is 6.07 Å². The minimum absolute atomic E-state index is 0.301. The van der Waals surface area contributed by atoms with Crippen LogP contribution in [0.25, 0.3) is 0 Å². The molecule has 0 bridgehead atoms. The van der Waals surface area contributed by atoms with Gasteiger partial charge in [0, 0.05) is 15.7 Å². The smallest absolute Gasteiger partial charge is 0.167 e. The van der Waals surface area contributed by atoms with Gasteiger partial charge < -0.3 is 10.1 Å². The average molecular weight is 399 g/mol. The number of hydrogen-bond donors (Lipinski definition) is 1. The summed E-state index contributed by atoms with van der Waals surface area (Å²) in [4.78, 5) is 0. The van der Waals surface area contributed by atoms with Crippen molar-refractivity contribution in [3.8, 4) is 11.5 Å². The fourth-order valence-electron chi connectivity index (χ4n) is 1.92. The number of benzene rings is 2. The fraction of sp³-hybridized carbons (Fsp3) is 0.294. The van der Waals surface area contributed by atoms with E-state index in [1.807, 2.05) is 30.3 Å². The molecule has 2 rings (SSSR count). The predicted octanol–water partition coefficient (Wildman–Crippen LogP) is 4.97. The molecule has 0 atom stereocenters. The number of para-hydroxylation sites is 1. The van der Waals surface area contributed by atoms with E-state index in [1.54, 1.807) is 6.07 Å². The Labute approximate surface area is 138 Å². The summed E-state index contributed by atoms with van der Waals surface area (Å²) in [6.07, 6.45) is 0. The van der Waals surface area contributed by atoms with Crippen molar-refractivity contribution < 1.29 is 9.13 Å². The van der Waals surface area contributed by atoms with Gasteiger partial charge in [0.1, 0.15) is 5.75 Å². The third kappa shape index (κ3) is 4.97. The first kappa shape index (κ1) is 16.2. The first-order valence-corrected chi connectivity index (χ1v) is 8.05. The molecule has 2 nitrogen and oxygen atoms in total. The second-order valence-corrected chi connectivity index (χ2v) is 6.55. The van der Waals surface area contributed by atoms with E-state index in [-0.39, 0.29) is 5.82 Å².